The molecule has 4 nitrogen and oxygen atoms in total. The maximum absolute atomic E-state index is 9.58. The molecule has 2 heterocycles. The highest BCUT2D eigenvalue weighted by molar-refractivity contribution is 5.90. The van der Waals surface area contributed by atoms with Crippen LogP contribution in [0.1, 0.15) is 23.7 Å². The largest absolute Gasteiger partial charge is 0.494 e. The van der Waals surface area contributed by atoms with Crippen molar-refractivity contribution in [2.45, 2.75) is 19.9 Å². The third-order valence-corrected chi connectivity index (χ3v) is 3.99. The Bertz CT molecular complexity index is 703. The highest BCUT2D eigenvalue weighted by atomic mass is 16.5. The summed E-state index contributed by atoms with van der Waals surface area (Å²) in [5, 5.41) is 10.5. The average molecular weight is 267 g/mol. The van der Waals surface area contributed by atoms with E-state index in [1.54, 1.807) is 7.11 Å². The molecule has 0 N–H and O–H groups in total. The lowest BCUT2D eigenvalue weighted by Gasteiger charge is -2.28. The van der Waals surface area contributed by atoms with Gasteiger partial charge < -0.3 is 4.74 Å². The van der Waals surface area contributed by atoms with Gasteiger partial charge in [-0.3, -0.25) is 4.90 Å². The van der Waals surface area contributed by atoms with Crippen molar-refractivity contribution in [2.75, 3.05) is 20.2 Å². The van der Waals surface area contributed by atoms with Crippen molar-refractivity contribution in [1.82, 2.24) is 9.88 Å². The summed E-state index contributed by atoms with van der Waals surface area (Å²) in [6, 6.07) is 8.13. The van der Waals surface area contributed by atoms with Crippen molar-refractivity contribution in [2.24, 2.45) is 0 Å². The van der Waals surface area contributed by atoms with Crippen molar-refractivity contribution in [1.29, 1.82) is 5.26 Å². The summed E-state index contributed by atoms with van der Waals surface area (Å²) in [7, 11) is 1.64. The Balaban J connectivity index is 2.28. The molecule has 4 heteroatoms. The van der Waals surface area contributed by atoms with Crippen molar-refractivity contribution < 1.29 is 4.74 Å². The minimum atomic E-state index is 0.736. The molecule has 1 aliphatic heterocycles. The van der Waals surface area contributed by atoms with E-state index in [0.717, 1.165) is 59.5 Å². The van der Waals surface area contributed by atoms with Gasteiger partial charge >= 0.3 is 0 Å². The first-order valence-electron chi connectivity index (χ1n) is 6.89. The molecule has 0 spiro atoms. The summed E-state index contributed by atoms with van der Waals surface area (Å²) in [5.74, 6) is 0.736. The lowest BCUT2D eigenvalue weighted by Crippen LogP contribution is -2.31. The van der Waals surface area contributed by atoms with Crippen molar-refractivity contribution in [3.8, 4) is 11.8 Å². The Morgan fingerprint density at radius 3 is 3.00 bits per heavy atom. The third kappa shape index (κ3) is 1.91. The topological polar surface area (TPSA) is 49.2 Å². The van der Waals surface area contributed by atoms with Gasteiger partial charge in [0.1, 0.15) is 17.3 Å². The minimum absolute atomic E-state index is 0.736. The molecule has 0 saturated carbocycles. The molecule has 1 aromatic carbocycles. The zero-order valence-electron chi connectivity index (χ0n) is 11.8. The van der Waals surface area contributed by atoms with E-state index in [2.05, 4.69) is 17.9 Å². The van der Waals surface area contributed by atoms with Crippen molar-refractivity contribution >= 4 is 10.9 Å². The number of nitriles is 1. The molecule has 0 aliphatic carbocycles. The van der Waals surface area contributed by atoms with Crippen LogP contribution in [0, 0.1) is 11.3 Å². The van der Waals surface area contributed by atoms with Crippen LogP contribution >= 0.6 is 0 Å². The fourth-order valence-corrected chi connectivity index (χ4v) is 2.85. The van der Waals surface area contributed by atoms with Gasteiger partial charge in [0.05, 0.1) is 12.7 Å². The fraction of sp³-hybridized carbons (Fsp3) is 0.375. The molecular weight excluding hydrogens is 250 g/mol. The van der Waals surface area contributed by atoms with Crippen LogP contribution < -0.4 is 4.74 Å². The smallest absolute Gasteiger partial charge is 0.145 e. The van der Waals surface area contributed by atoms with Crippen LogP contribution in [-0.4, -0.2) is 30.1 Å². The molecule has 1 aliphatic rings. The highest BCUT2D eigenvalue weighted by Crippen LogP contribution is 2.31. The number of para-hydroxylation sites is 1. The number of methoxy groups -OCH3 is 1. The van der Waals surface area contributed by atoms with Gasteiger partial charge in [-0.05, 0) is 12.6 Å². The second-order valence-electron chi connectivity index (χ2n) is 5.00. The Morgan fingerprint density at radius 2 is 2.30 bits per heavy atom. The summed E-state index contributed by atoms with van der Waals surface area (Å²) in [6.07, 6.45) is 0.895. The molecule has 0 fully saturated rings. The summed E-state index contributed by atoms with van der Waals surface area (Å²) >= 11 is 0. The monoisotopic (exact) mass is 267 g/mol. The zero-order valence-corrected chi connectivity index (χ0v) is 11.8. The van der Waals surface area contributed by atoms with E-state index in [-0.39, 0.29) is 0 Å². The van der Waals surface area contributed by atoms with Gasteiger partial charge in [0.25, 0.3) is 0 Å². The molecule has 0 radical (unpaired) electrons. The van der Waals surface area contributed by atoms with Crippen LogP contribution in [0.3, 0.4) is 0 Å². The molecule has 20 heavy (non-hydrogen) atoms. The molecule has 0 bridgehead atoms. The normalized spacial score (nSPS) is 14.8. The number of aromatic nitrogens is 1. The van der Waals surface area contributed by atoms with E-state index >= 15 is 0 Å². The first-order chi connectivity index (χ1) is 9.78. The number of ether oxygens (including phenoxy) is 1. The maximum Gasteiger partial charge on any atom is 0.145 e. The molecule has 3 rings (SSSR count). The molecular formula is C16H17N3O. The predicted molar refractivity (Wildman–Crippen MR) is 77.7 cm³/mol. The second-order valence-corrected chi connectivity index (χ2v) is 5.00. The van der Waals surface area contributed by atoms with Crippen LogP contribution in [0.2, 0.25) is 0 Å². The molecule has 0 amide bonds. The van der Waals surface area contributed by atoms with Gasteiger partial charge in [-0.1, -0.05) is 19.1 Å². The summed E-state index contributed by atoms with van der Waals surface area (Å²) in [4.78, 5) is 7.11. The van der Waals surface area contributed by atoms with E-state index < -0.39 is 0 Å². The quantitative estimate of drug-likeness (QED) is 0.838. The van der Waals surface area contributed by atoms with E-state index in [1.165, 1.54) is 0 Å². The Kier molecular flexibility index (Phi) is 3.29. The van der Waals surface area contributed by atoms with Gasteiger partial charge in [0.15, 0.2) is 0 Å². The van der Waals surface area contributed by atoms with E-state index in [4.69, 9.17) is 9.72 Å². The molecule has 1 aromatic heterocycles. The number of rotatable bonds is 2. The molecule has 0 unspecified atom stereocenters. The first kappa shape index (κ1) is 12.9. The summed E-state index contributed by atoms with van der Waals surface area (Å²) < 4.78 is 5.38. The van der Waals surface area contributed by atoms with Crippen LogP contribution in [0.4, 0.5) is 0 Å². The van der Waals surface area contributed by atoms with Gasteiger partial charge in [-0.15, -0.1) is 0 Å². The van der Waals surface area contributed by atoms with E-state index in [0.29, 0.717) is 0 Å². The van der Waals surface area contributed by atoms with Crippen molar-refractivity contribution in [3.05, 3.63) is 35.0 Å². The predicted octanol–water partition coefficient (Wildman–Crippen LogP) is 2.49. The molecule has 0 saturated heterocycles. The Labute approximate surface area is 118 Å². The SMILES string of the molecule is CCN1CCc2nc3c(OC)cccc3c(C#N)c2C1. The lowest BCUT2D eigenvalue weighted by molar-refractivity contribution is 0.266. The Morgan fingerprint density at radius 1 is 1.45 bits per heavy atom. The number of pyridine rings is 1. The molecule has 102 valence electrons. The van der Waals surface area contributed by atoms with Gasteiger partial charge in [0, 0.05) is 36.2 Å². The average Bonchev–Trinajstić information content (AvgIpc) is 2.51. The first-order valence-corrected chi connectivity index (χ1v) is 6.89. The van der Waals surface area contributed by atoms with Crippen LogP contribution in [0.5, 0.6) is 5.75 Å². The highest BCUT2D eigenvalue weighted by Gasteiger charge is 2.22. The Hall–Kier alpha value is -2.12. The molecule has 2 aromatic rings. The minimum Gasteiger partial charge on any atom is -0.494 e. The zero-order chi connectivity index (χ0) is 14.1. The van der Waals surface area contributed by atoms with Crippen molar-refractivity contribution in [3.63, 3.8) is 0 Å². The standard InChI is InChI=1S/C16H17N3O/c1-3-19-8-7-14-13(10-19)12(9-17)11-5-4-6-15(20-2)16(11)18-14/h4-6H,3,7-8,10H2,1-2H3. The summed E-state index contributed by atoms with van der Waals surface area (Å²) in [6.45, 7) is 4.96. The maximum atomic E-state index is 9.58. The number of fused-ring (bicyclic) bond motifs is 2. The lowest BCUT2D eigenvalue weighted by atomic mass is 9.96. The summed E-state index contributed by atoms with van der Waals surface area (Å²) in [5.41, 5.74) is 3.68. The second kappa shape index (κ2) is 5.10. The number of likely N-dealkylation sites (N-methyl/N-ethyl adjacent to an activating group) is 1. The van der Waals surface area contributed by atoms with Gasteiger partial charge in [-0.25, -0.2) is 4.98 Å². The fourth-order valence-electron chi connectivity index (χ4n) is 2.85. The van der Waals surface area contributed by atoms with Crippen LogP contribution in [-0.2, 0) is 13.0 Å². The number of hydrogen-bond acceptors (Lipinski definition) is 4. The van der Waals surface area contributed by atoms with Gasteiger partial charge in [-0.2, -0.15) is 5.26 Å². The van der Waals surface area contributed by atoms with E-state index in [1.807, 2.05) is 18.2 Å². The van der Waals surface area contributed by atoms with Crippen LogP contribution in [0.25, 0.3) is 10.9 Å². The number of nitrogens with zero attached hydrogens (tertiary/aromatic N) is 3. The third-order valence-electron chi connectivity index (χ3n) is 3.99. The number of hydrogen-bond donors (Lipinski definition) is 0. The van der Waals surface area contributed by atoms with Gasteiger partial charge in [0.2, 0.25) is 0 Å². The number of benzene rings is 1. The van der Waals surface area contributed by atoms with E-state index in [9.17, 15) is 5.26 Å². The molecule has 0 atom stereocenters. The van der Waals surface area contributed by atoms with Crippen LogP contribution in [0.15, 0.2) is 18.2 Å².